The van der Waals surface area contributed by atoms with Crippen molar-refractivity contribution in [2.24, 2.45) is 0 Å². The first-order valence-electron chi connectivity index (χ1n) is 10.3. The molecule has 0 saturated carbocycles. The molecule has 0 radical (unpaired) electrons. The number of fused-ring (bicyclic) bond motifs is 1. The maximum atomic E-state index is 12.8. The first-order chi connectivity index (χ1) is 15.5. The Labute approximate surface area is 185 Å². The Balaban J connectivity index is 1.50. The number of hydrogen-bond donors (Lipinski definition) is 2. The summed E-state index contributed by atoms with van der Waals surface area (Å²) in [6, 6.07) is 16.3. The number of Topliss-reactive ketones (excluding diaryl/α,β-unsaturated/α-hetero) is 1. The smallest absolute Gasteiger partial charge is 0.261 e. The summed E-state index contributed by atoms with van der Waals surface area (Å²) in [5, 5.41) is 2.74. The molecule has 1 heterocycles. The molecule has 2 aromatic carbocycles. The molecular formula is C25H24N2O5. The maximum absolute atomic E-state index is 12.8. The number of methoxy groups -OCH3 is 2. The fourth-order valence-electron chi connectivity index (χ4n) is 3.93. The molecule has 1 aliphatic rings. The van der Waals surface area contributed by atoms with Gasteiger partial charge in [0.05, 0.1) is 14.2 Å². The van der Waals surface area contributed by atoms with E-state index in [1.54, 1.807) is 26.4 Å². The highest BCUT2D eigenvalue weighted by Gasteiger charge is 2.28. The van der Waals surface area contributed by atoms with E-state index in [4.69, 9.17) is 9.47 Å². The van der Waals surface area contributed by atoms with Crippen molar-refractivity contribution in [2.45, 2.75) is 25.3 Å². The molecule has 32 heavy (non-hydrogen) atoms. The number of aromatic nitrogens is 1. The molecule has 0 saturated heterocycles. The van der Waals surface area contributed by atoms with Crippen LogP contribution in [0, 0.1) is 0 Å². The molecule has 0 aliphatic heterocycles. The average molecular weight is 432 g/mol. The largest absolute Gasteiger partial charge is 0.497 e. The topological polar surface area (TPSA) is 97.5 Å². The molecule has 7 nitrogen and oxygen atoms in total. The van der Waals surface area contributed by atoms with Crippen molar-refractivity contribution in [2.75, 3.05) is 14.2 Å². The van der Waals surface area contributed by atoms with E-state index in [1.165, 1.54) is 6.07 Å². The van der Waals surface area contributed by atoms with E-state index in [-0.39, 0.29) is 23.8 Å². The molecule has 1 aromatic heterocycles. The number of H-pyrrole nitrogens is 1. The summed E-state index contributed by atoms with van der Waals surface area (Å²) in [7, 11) is 3.19. The van der Waals surface area contributed by atoms with E-state index >= 15 is 0 Å². The van der Waals surface area contributed by atoms with Crippen LogP contribution in [-0.4, -0.2) is 30.9 Å². The molecule has 1 amide bonds. The molecule has 4 rings (SSSR count). The number of hydrogen-bond acceptors (Lipinski definition) is 5. The van der Waals surface area contributed by atoms with Gasteiger partial charge in [-0.05, 0) is 53.8 Å². The van der Waals surface area contributed by atoms with Crippen LogP contribution in [0.2, 0.25) is 0 Å². The van der Waals surface area contributed by atoms with Crippen molar-refractivity contribution in [3.63, 3.8) is 0 Å². The van der Waals surface area contributed by atoms with Gasteiger partial charge in [-0.15, -0.1) is 0 Å². The summed E-state index contributed by atoms with van der Waals surface area (Å²) in [5.41, 5.74) is 2.29. The van der Waals surface area contributed by atoms with E-state index in [0.29, 0.717) is 24.1 Å². The molecule has 1 unspecified atom stereocenters. The van der Waals surface area contributed by atoms with Crippen molar-refractivity contribution in [3.8, 4) is 11.5 Å². The van der Waals surface area contributed by atoms with Gasteiger partial charge in [0.15, 0.2) is 5.78 Å². The second kappa shape index (κ2) is 9.09. The van der Waals surface area contributed by atoms with Crippen LogP contribution in [-0.2, 0) is 13.0 Å². The van der Waals surface area contributed by atoms with Gasteiger partial charge >= 0.3 is 0 Å². The normalized spacial score (nSPS) is 15.1. The lowest BCUT2D eigenvalue weighted by atomic mass is 9.81. The first kappa shape index (κ1) is 21.4. The zero-order chi connectivity index (χ0) is 22.7. The van der Waals surface area contributed by atoms with Crippen LogP contribution < -0.4 is 20.3 Å². The zero-order valence-electron chi connectivity index (χ0n) is 17.9. The number of carbonyl (C=O) groups excluding carboxylic acids is 2. The standard InChI is InChI=1S/C25H24N2O5/c1-31-18-7-3-15(4-8-18)14-26-24(29)21-13-20-22(27-25(21)30)11-17(12-23(20)28)16-5-9-19(32-2)10-6-16/h3-10,13,17H,11-12,14H2,1-2H3,(H,26,29)(H,27,30). The molecule has 164 valence electrons. The van der Waals surface area contributed by atoms with Gasteiger partial charge in [-0.2, -0.15) is 0 Å². The predicted molar refractivity (Wildman–Crippen MR) is 120 cm³/mol. The lowest BCUT2D eigenvalue weighted by Crippen LogP contribution is -2.32. The predicted octanol–water partition coefficient (Wildman–Crippen LogP) is 3.23. The SMILES string of the molecule is COc1ccc(CNC(=O)c2cc3c([nH]c2=O)CC(c2ccc(OC)cc2)CC3=O)cc1. The monoisotopic (exact) mass is 432 g/mol. The number of nitrogens with one attached hydrogen (secondary N) is 2. The molecule has 1 atom stereocenters. The number of rotatable bonds is 6. The van der Waals surface area contributed by atoms with Crippen molar-refractivity contribution < 1.29 is 19.1 Å². The Morgan fingerprint density at radius 1 is 0.969 bits per heavy atom. The Morgan fingerprint density at radius 2 is 1.59 bits per heavy atom. The second-order valence-corrected chi connectivity index (χ2v) is 7.74. The van der Waals surface area contributed by atoms with Gasteiger partial charge in [0.25, 0.3) is 11.5 Å². The van der Waals surface area contributed by atoms with Crippen LogP contribution >= 0.6 is 0 Å². The van der Waals surface area contributed by atoms with E-state index in [1.807, 2.05) is 36.4 Å². The third kappa shape index (κ3) is 4.42. The van der Waals surface area contributed by atoms with Crippen LogP contribution in [0.3, 0.4) is 0 Å². The number of carbonyl (C=O) groups is 2. The van der Waals surface area contributed by atoms with Crippen LogP contribution in [0.1, 0.15) is 49.9 Å². The molecule has 7 heteroatoms. The summed E-state index contributed by atoms with van der Waals surface area (Å²) in [6.45, 7) is 0.257. The quantitative estimate of drug-likeness (QED) is 0.623. The van der Waals surface area contributed by atoms with Gasteiger partial charge in [0.2, 0.25) is 0 Å². The van der Waals surface area contributed by atoms with Crippen molar-refractivity contribution in [1.82, 2.24) is 10.3 Å². The van der Waals surface area contributed by atoms with Gasteiger partial charge < -0.3 is 19.8 Å². The molecule has 3 aromatic rings. The third-order valence-electron chi connectivity index (χ3n) is 5.75. The molecular weight excluding hydrogens is 408 g/mol. The Kier molecular flexibility index (Phi) is 6.07. The van der Waals surface area contributed by atoms with Crippen molar-refractivity contribution >= 4 is 11.7 Å². The Morgan fingerprint density at radius 3 is 2.22 bits per heavy atom. The number of aromatic amines is 1. The number of benzene rings is 2. The highest BCUT2D eigenvalue weighted by molar-refractivity contribution is 6.02. The molecule has 1 aliphatic carbocycles. The summed E-state index contributed by atoms with van der Waals surface area (Å²) >= 11 is 0. The summed E-state index contributed by atoms with van der Waals surface area (Å²) < 4.78 is 10.3. The second-order valence-electron chi connectivity index (χ2n) is 7.74. The van der Waals surface area contributed by atoms with Crippen molar-refractivity contribution in [1.29, 1.82) is 0 Å². The molecule has 2 N–H and O–H groups in total. The van der Waals surface area contributed by atoms with Gasteiger partial charge in [-0.3, -0.25) is 14.4 Å². The highest BCUT2D eigenvalue weighted by Crippen LogP contribution is 2.32. The minimum Gasteiger partial charge on any atom is -0.497 e. The van der Waals surface area contributed by atoms with E-state index in [9.17, 15) is 14.4 Å². The Hall–Kier alpha value is -3.87. The first-order valence-corrected chi connectivity index (χ1v) is 10.3. The number of amides is 1. The van der Waals surface area contributed by atoms with E-state index in [0.717, 1.165) is 22.6 Å². The number of ether oxygens (including phenoxy) is 2. The summed E-state index contributed by atoms with van der Waals surface area (Å²) in [5.74, 6) is 0.821. The lowest BCUT2D eigenvalue weighted by molar-refractivity contribution is 0.0949. The fourth-order valence-corrected chi connectivity index (χ4v) is 3.93. The average Bonchev–Trinajstić information content (AvgIpc) is 2.82. The molecule has 0 bridgehead atoms. The number of ketones is 1. The van der Waals surface area contributed by atoms with E-state index in [2.05, 4.69) is 10.3 Å². The van der Waals surface area contributed by atoms with Crippen LogP contribution in [0.25, 0.3) is 0 Å². The Bertz CT molecular complexity index is 1200. The van der Waals surface area contributed by atoms with Gasteiger partial charge in [0.1, 0.15) is 17.1 Å². The van der Waals surface area contributed by atoms with Crippen LogP contribution in [0.15, 0.2) is 59.4 Å². The van der Waals surface area contributed by atoms with Gasteiger partial charge in [-0.25, -0.2) is 0 Å². The maximum Gasteiger partial charge on any atom is 0.261 e. The van der Waals surface area contributed by atoms with Gasteiger partial charge in [-0.1, -0.05) is 24.3 Å². The third-order valence-corrected chi connectivity index (χ3v) is 5.75. The highest BCUT2D eigenvalue weighted by atomic mass is 16.5. The number of pyridine rings is 1. The van der Waals surface area contributed by atoms with Crippen LogP contribution in [0.5, 0.6) is 11.5 Å². The molecule has 0 fully saturated rings. The minimum absolute atomic E-state index is 0.0358. The summed E-state index contributed by atoms with van der Waals surface area (Å²) in [6.07, 6.45) is 0.842. The van der Waals surface area contributed by atoms with Crippen molar-refractivity contribution in [3.05, 3.63) is 92.9 Å². The minimum atomic E-state index is -0.519. The van der Waals surface area contributed by atoms with E-state index < -0.39 is 11.5 Å². The lowest BCUT2D eigenvalue weighted by Gasteiger charge is -2.24. The molecule has 0 spiro atoms. The van der Waals surface area contributed by atoms with Gasteiger partial charge in [0, 0.05) is 24.2 Å². The zero-order valence-corrected chi connectivity index (χ0v) is 17.9. The van der Waals surface area contributed by atoms with Crippen LogP contribution in [0.4, 0.5) is 0 Å². The fraction of sp³-hybridized carbons (Fsp3) is 0.240. The summed E-state index contributed by atoms with van der Waals surface area (Å²) in [4.78, 5) is 40.8.